The van der Waals surface area contributed by atoms with Crippen molar-refractivity contribution in [3.8, 4) is 0 Å². The average molecular weight is 349 g/mol. The summed E-state index contributed by atoms with van der Waals surface area (Å²) >= 11 is 0. The highest BCUT2D eigenvalue weighted by Crippen LogP contribution is 2.18. The van der Waals surface area contributed by atoms with E-state index >= 15 is 0 Å². The number of hydrogen-bond acceptors (Lipinski definition) is 4. The average Bonchev–Trinajstić information content (AvgIpc) is 2.62. The fraction of sp³-hybridized carbons (Fsp3) is 0.0500. The maximum atomic E-state index is 13.3. The Labute approximate surface area is 149 Å². The minimum Gasteiger partial charge on any atom is -0.355 e. The lowest BCUT2D eigenvalue weighted by atomic mass is 10.1. The molecule has 3 rings (SSSR count). The SMILES string of the molecule is CC(=O)c1ccc(NC(=O)c2cc(Nc3cccc(F)c3)ccn2)cc1. The lowest BCUT2D eigenvalue weighted by molar-refractivity contribution is 0.101. The highest BCUT2D eigenvalue weighted by molar-refractivity contribution is 6.03. The minimum atomic E-state index is -0.386. The zero-order valence-corrected chi connectivity index (χ0v) is 14.0. The Bertz CT molecular complexity index is 955. The molecule has 0 saturated carbocycles. The van der Waals surface area contributed by atoms with Crippen molar-refractivity contribution in [2.75, 3.05) is 10.6 Å². The number of halogens is 1. The molecular formula is C20H16FN3O2. The van der Waals surface area contributed by atoms with Crippen molar-refractivity contribution in [3.05, 3.63) is 83.9 Å². The summed E-state index contributed by atoms with van der Waals surface area (Å²) < 4.78 is 13.3. The van der Waals surface area contributed by atoms with Gasteiger partial charge in [-0.15, -0.1) is 0 Å². The number of amides is 1. The van der Waals surface area contributed by atoms with Gasteiger partial charge < -0.3 is 10.6 Å². The highest BCUT2D eigenvalue weighted by atomic mass is 19.1. The molecule has 0 unspecified atom stereocenters. The van der Waals surface area contributed by atoms with Gasteiger partial charge >= 0.3 is 0 Å². The molecule has 0 atom stereocenters. The van der Waals surface area contributed by atoms with E-state index < -0.39 is 0 Å². The molecule has 1 aromatic heterocycles. The van der Waals surface area contributed by atoms with Crippen molar-refractivity contribution in [2.45, 2.75) is 6.92 Å². The molecule has 6 heteroatoms. The first-order chi connectivity index (χ1) is 12.5. The summed E-state index contributed by atoms with van der Waals surface area (Å²) in [5.41, 5.74) is 2.53. The minimum absolute atomic E-state index is 0.0410. The van der Waals surface area contributed by atoms with E-state index in [1.165, 1.54) is 25.3 Å². The van der Waals surface area contributed by atoms with Crippen molar-refractivity contribution in [2.24, 2.45) is 0 Å². The van der Waals surface area contributed by atoms with Gasteiger partial charge in [0.2, 0.25) is 0 Å². The van der Waals surface area contributed by atoms with Gasteiger partial charge in [0, 0.05) is 28.8 Å². The second-order valence-electron chi connectivity index (χ2n) is 5.65. The maximum absolute atomic E-state index is 13.3. The van der Waals surface area contributed by atoms with E-state index in [0.29, 0.717) is 22.6 Å². The zero-order chi connectivity index (χ0) is 18.5. The molecule has 0 fully saturated rings. The molecule has 130 valence electrons. The number of rotatable bonds is 5. The Morgan fingerprint density at radius 3 is 2.35 bits per heavy atom. The Kier molecular flexibility index (Phi) is 5.03. The van der Waals surface area contributed by atoms with Gasteiger partial charge in [0.05, 0.1) is 0 Å². The van der Waals surface area contributed by atoms with E-state index in [4.69, 9.17) is 0 Å². The first kappa shape index (κ1) is 17.3. The molecule has 0 radical (unpaired) electrons. The summed E-state index contributed by atoms with van der Waals surface area (Å²) in [4.78, 5) is 27.7. The monoisotopic (exact) mass is 349 g/mol. The topological polar surface area (TPSA) is 71.1 Å². The summed E-state index contributed by atoms with van der Waals surface area (Å²) in [7, 11) is 0. The van der Waals surface area contributed by atoms with Crippen LogP contribution in [0.4, 0.5) is 21.5 Å². The van der Waals surface area contributed by atoms with E-state index in [1.807, 2.05) is 0 Å². The first-order valence-electron chi connectivity index (χ1n) is 7.92. The molecule has 0 aliphatic heterocycles. The van der Waals surface area contributed by atoms with Gasteiger partial charge in [0.15, 0.2) is 5.78 Å². The summed E-state index contributed by atoms with van der Waals surface area (Å²) in [6.45, 7) is 1.48. The van der Waals surface area contributed by atoms with Crippen molar-refractivity contribution in [1.29, 1.82) is 0 Å². The van der Waals surface area contributed by atoms with Crippen LogP contribution in [0, 0.1) is 5.82 Å². The number of benzene rings is 2. The normalized spacial score (nSPS) is 10.2. The lowest BCUT2D eigenvalue weighted by Gasteiger charge is -2.09. The van der Waals surface area contributed by atoms with Gasteiger partial charge in [-0.3, -0.25) is 14.6 Å². The molecule has 5 nitrogen and oxygen atoms in total. The lowest BCUT2D eigenvalue weighted by Crippen LogP contribution is -2.14. The Balaban J connectivity index is 1.72. The number of ketones is 1. The van der Waals surface area contributed by atoms with Gasteiger partial charge in [0.25, 0.3) is 5.91 Å². The molecule has 3 aromatic rings. The summed E-state index contributed by atoms with van der Waals surface area (Å²) in [6.07, 6.45) is 1.50. The molecule has 0 spiro atoms. The number of aromatic nitrogens is 1. The number of pyridine rings is 1. The second-order valence-corrected chi connectivity index (χ2v) is 5.65. The fourth-order valence-corrected chi connectivity index (χ4v) is 2.35. The number of hydrogen-bond donors (Lipinski definition) is 2. The van der Waals surface area contributed by atoms with Gasteiger partial charge in [-0.25, -0.2) is 4.39 Å². The molecule has 2 N–H and O–H groups in total. The third-order valence-electron chi connectivity index (χ3n) is 3.66. The van der Waals surface area contributed by atoms with Gasteiger partial charge in [-0.2, -0.15) is 0 Å². The molecule has 1 heterocycles. The van der Waals surface area contributed by atoms with Crippen LogP contribution >= 0.6 is 0 Å². The smallest absolute Gasteiger partial charge is 0.274 e. The predicted octanol–water partition coefficient (Wildman–Crippen LogP) is 4.42. The van der Waals surface area contributed by atoms with Crippen molar-refractivity contribution in [3.63, 3.8) is 0 Å². The van der Waals surface area contributed by atoms with Crippen molar-refractivity contribution >= 4 is 28.8 Å². The maximum Gasteiger partial charge on any atom is 0.274 e. The van der Waals surface area contributed by atoms with Gasteiger partial charge in [-0.1, -0.05) is 6.07 Å². The third-order valence-corrected chi connectivity index (χ3v) is 3.66. The molecule has 2 aromatic carbocycles. The van der Waals surface area contributed by atoms with Crippen LogP contribution in [0.5, 0.6) is 0 Å². The fourth-order valence-electron chi connectivity index (χ4n) is 2.35. The number of anilines is 3. The molecular weight excluding hydrogens is 333 g/mol. The Morgan fingerprint density at radius 1 is 0.923 bits per heavy atom. The van der Waals surface area contributed by atoms with E-state index in [0.717, 1.165) is 0 Å². The Hall–Kier alpha value is -3.54. The van der Waals surface area contributed by atoms with Gasteiger partial charge in [-0.05, 0) is 61.5 Å². The summed E-state index contributed by atoms with van der Waals surface area (Å²) in [6, 6.07) is 15.9. The van der Waals surface area contributed by atoms with E-state index in [1.54, 1.807) is 48.5 Å². The number of carbonyl (C=O) groups excluding carboxylic acids is 2. The number of carbonyl (C=O) groups is 2. The summed E-state index contributed by atoms with van der Waals surface area (Å²) in [5.74, 6) is -0.778. The molecule has 1 amide bonds. The number of nitrogens with zero attached hydrogens (tertiary/aromatic N) is 1. The van der Waals surface area contributed by atoms with Crippen LogP contribution in [-0.2, 0) is 0 Å². The molecule has 0 saturated heterocycles. The first-order valence-corrected chi connectivity index (χ1v) is 7.92. The van der Waals surface area contributed by atoms with Crippen LogP contribution in [0.2, 0.25) is 0 Å². The second kappa shape index (κ2) is 7.57. The number of Topliss-reactive ketones (excluding diaryl/α,β-unsaturated/α-hetero) is 1. The summed E-state index contributed by atoms with van der Waals surface area (Å²) in [5, 5.41) is 5.75. The van der Waals surface area contributed by atoms with Crippen LogP contribution in [0.15, 0.2) is 66.9 Å². The zero-order valence-electron chi connectivity index (χ0n) is 14.0. The van der Waals surface area contributed by atoms with Crippen LogP contribution in [-0.4, -0.2) is 16.7 Å². The molecule has 0 aliphatic rings. The quantitative estimate of drug-likeness (QED) is 0.669. The third kappa shape index (κ3) is 4.30. The molecule has 0 bridgehead atoms. The van der Waals surface area contributed by atoms with Crippen LogP contribution in [0.1, 0.15) is 27.8 Å². The standard InChI is InChI=1S/C20H16FN3O2/c1-13(25)14-5-7-16(8-6-14)24-20(26)19-12-18(9-10-22-19)23-17-4-2-3-15(21)11-17/h2-12H,1H3,(H,22,23)(H,24,26). The van der Waals surface area contributed by atoms with E-state index in [2.05, 4.69) is 15.6 Å². The number of nitrogens with one attached hydrogen (secondary N) is 2. The Morgan fingerprint density at radius 2 is 1.65 bits per heavy atom. The molecule has 26 heavy (non-hydrogen) atoms. The van der Waals surface area contributed by atoms with Crippen LogP contribution in [0.25, 0.3) is 0 Å². The highest BCUT2D eigenvalue weighted by Gasteiger charge is 2.09. The van der Waals surface area contributed by atoms with E-state index in [-0.39, 0.29) is 23.2 Å². The predicted molar refractivity (Wildman–Crippen MR) is 98.3 cm³/mol. The van der Waals surface area contributed by atoms with Crippen LogP contribution < -0.4 is 10.6 Å². The largest absolute Gasteiger partial charge is 0.355 e. The van der Waals surface area contributed by atoms with E-state index in [9.17, 15) is 14.0 Å². The van der Waals surface area contributed by atoms with Crippen LogP contribution in [0.3, 0.4) is 0 Å². The van der Waals surface area contributed by atoms with Crippen molar-refractivity contribution < 1.29 is 14.0 Å². The van der Waals surface area contributed by atoms with Gasteiger partial charge in [0.1, 0.15) is 11.5 Å². The molecule has 0 aliphatic carbocycles. The van der Waals surface area contributed by atoms with Crippen molar-refractivity contribution in [1.82, 2.24) is 4.98 Å².